The van der Waals surface area contributed by atoms with E-state index in [1.54, 1.807) is 0 Å². The molecule has 1 unspecified atom stereocenters. The Bertz CT molecular complexity index is 900. The summed E-state index contributed by atoms with van der Waals surface area (Å²) >= 11 is 0. The van der Waals surface area contributed by atoms with Crippen molar-refractivity contribution in [2.45, 2.75) is 19.5 Å². The quantitative estimate of drug-likeness (QED) is 0.411. The second-order valence-corrected chi connectivity index (χ2v) is 6.26. The molecule has 29 heavy (non-hydrogen) atoms. The lowest BCUT2D eigenvalue weighted by Crippen LogP contribution is -2.48. The summed E-state index contributed by atoms with van der Waals surface area (Å²) in [5.41, 5.74) is 0.636. The van der Waals surface area contributed by atoms with Crippen LogP contribution in [0, 0.1) is 10.1 Å². The number of benzene rings is 2. The Morgan fingerprint density at radius 3 is 2.45 bits per heavy atom. The SMILES string of the molecule is COC(=O)CN(Cc1ccccc1)C(=O)C(C)NC(=O)c1cccc([N+](=O)[O-])c1. The van der Waals surface area contributed by atoms with Gasteiger partial charge in [0.15, 0.2) is 0 Å². The highest BCUT2D eigenvalue weighted by Gasteiger charge is 2.25. The van der Waals surface area contributed by atoms with E-state index in [-0.39, 0.29) is 24.3 Å². The van der Waals surface area contributed by atoms with E-state index >= 15 is 0 Å². The van der Waals surface area contributed by atoms with Gasteiger partial charge in [-0.3, -0.25) is 24.5 Å². The molecule has 1 N–H and O–H groups in total. The number of ether oxygens (including phenoxy) is 1. The molecule has 2 aromatic rings. The van der Waals surface area contributed by atoms with Crippen LogP contribution in [-0.4, -0.2) is 47.3 Å². The van der Waals surface area contributed by atoms with Gasteiger partial charge in [0.1, 0.15) is 12.6 Å². The lowest BCUT2D eigenvalue weighted by Gasteiger charge is -2.25. The highest BCUT2D eigenvalue weighted by atomic mass is 16.6. The number of hydrogen-bond acceptors (Lipinski definition) is 6. The first kappa shape index (κ1) is 21.5. The summed E-state index contributed by atoms with van der Waals surface area (Å²) < 4.78 is 4.65. The van der Waals surface area contributed by atoms with Gasteiger partial charge in [-0.1, -0.05) is 36.4 Å². The second-order valence-electron chi connectivity index (χ2n) is 6.26. The zero-order chi connectivity index (χ0) is 21.4. The number of esters is 1. The van der Waals surface area contributed by atoms with E-state index in [4.69, 9.17) is 0 Å². The summed E-state index contributed by atoms with van der Waals surface area (Å²) in [5.74, 6) is -1.71. The number of hydrogen-bond donors (Lipinski definition) is 1. The Hall–Kier alpha value is -3.75. The summed E-state index contributed by atoms with van der Waals surface area (Å²) in [6.07, 6.45) is 0. The van der Waals surface area contributed by atoms with E-state index in [9.17, 15) is 24.5 Å². The molecule has 0 saturated heterocycles. The minimum atomic E-state index is -0.963. The first-order valence-corrected chi connectivity index (χ1v) is 8.76. The molecular formula is C20H21N3O6. The Labute approximate surface area is 167 Å². The molecule has 0 heterocycles. The molecule has 0 aromatic heterocycles. The van der Waals surface area contributed by atoms with Crippen LogP contribution in [-0.2, 0) is 20.9 Å². The zero-order valence-electron chi connectivity index (χ0n) is 16.0. The van der Waals surface area contributed by atoms with Crippen molar-refractivity contribution in [2.24, 2.45) is 0 Å². The Morgan fingerprint density at radius 1 is 1.14 bits per heavy atom. The number of nitro groups is 1. The van der Waals surface area contributed by atoms with Crippen molar-refractivity contribution in [1.82, 2.24) is 10.2 Å². The Kier molecular flexibility index (Phi) is 7.41. The summed E-state index contributed by atoms with van der Waals surface area (Å²) in [5, 5.41) is 13.4. The van der Waals surface area contributed by atoms with E-state index in [1.165, 1.54) is 37.1 Å². The molecule has 2 rings (SSSR count). The number of methoxy groups -OCH3 is 1. The molecule has 2 aromatic carbocycles. The number of nitrogens with one attached hydrogen (secondary N) is 1. The number of amides is 2. The standard InChI is InChI=1S/C20H21N3O6/c1-14(21-19(25)16-9-6-10-17(11-16)23(27)28)20(26)22(13-18(24)29-2)12-15-7-4-3-5-8-15/h3-11,14H,12-13H2,1-2H3,(H,21,25). The minimum absolute atomic E-state index is 0.0569. The van der Waals surface area contributed by atoms with Gasteiger partial charge in [-0.05, 0) is 18.6 Å². The van der Waals surface area contributed by atoms with Crippen LogP contribution in [0.4, 0.5) is 5.69 Å². The van der Waals surface area contributed by atoms with E-state index in [1.807, 2.05) is 30.3 Å². The minimum Gasteiger partial charge on any atom is -0.468 e. The van der Waals surface area contributed by atoms with Gasteiger partial charge in [-0.25, -0.2) is 0 Å². The monoisotopic (exact) mass is 399 g/mol. The van der Waals surface area contributed by atoms with Crippen molar-refractivity contribution in [1.29, 1.82) is 0 Å². The number of rotatable bonds is 8. The summed E-state index contributed by atoms with van der Waals surface area (Å²) in [6.45, 7) is 1.36. The number of nitro benzene ring substituents is 1. The molecule has 0 saturated carbocycles. The van der Waals surface area contributed by atoms with Crippen LogP contribution in [0.5, 0.6) is 0 Å². The third-order valence-corrected chi connectivity index (χ3v) is 4.11. The van der Waals surface area contributed by atoms with E-state index < -0.39 is 28.7 Å². The lowest BCUT2D eigenvalue weighted by atomic mass is 10.1. The summed E-state index contributed by atoms with van der Waals surface area (Å²) in [7, 11) is 1.22. The largest absolute Gasteiger partial charge is 0.468 e. The number of carbonyl (C=O) groups excluding carboxylic acids is 3. The fraction of sp³-hybridized carbons (Fsp3) is 0.250. The maximum Gasteiger partial charge on any atom is 0.325 e. The van der Waals surface area contributed by atoms with Crippen LogP contribution in [0.2, 0.25) is 0 Å². The molecule has 0 aliphatic carbocycles. The van der Waals surface area contributed by atoms with Crippen molar-refractivity contribution in [2.75, 3.05) is 13.7 Å². The molecule has 0 aliphatic heterocycles. The topological polar surface area (TPSA) is 119 Å². The Morgan fingerprint density at radius 2 is 1.83 bits per heavy atom. The van der Waals surface area contributed by atoms with Crippen LogP contribution in [0.3, 0.4) is 0 Å². The van der Waals surface area contributed by atoms with Gasteiger partial charge in [0.25, 0.3) is 11.6 Å². The maximum atomic E-state index is 12.8. The molecule has 2 amide bonds. The molecule has 9 heteroatoms. The number of nitrogens with zero attached hydrogens (tertiary/aromatic N) is 2. The smallest absolute Gasteiger partial charge is 0.325 e. The zero-order valence-corrected chi connectivity index (χ0v) is 16.0. The average Bonchev–Trinajstić information content (AvgIpc) is 2.73. The first-order valence-electron chi connectivity index (χ1n) is 8.76. The summed E-state index contributed by atoms with van der Waals surface area (Å²) in [6, 6.07) is 13.3. The van der Waals surface area contributed by atoms with Gasteiger partial charge in [-0.15, -0.1) is 0 Å². The fourth-order valence-electron chi connectivity index (χ4n) is 2.61. The lowest BCUT2D eigenvalue weighted by molar-refractivity contribution is -0.384. The first-order chi connectivity index (χ1) is 13.8. The highest BCUT2D eigenvalue weighted by Crippen LogP contribution is 2.13. The average molecular weight is 399 g/mol. The maximum absolute atomic E-state index is 12.8. The fourth-order valence-corrected chi connectivity index (χ4v) is 2.61. The molecular weight excluding hydrogens is 378 g/mol. The summed E-state index contributed by atoms with van der Waals surface area (Å²) in [4.78, 5) is 48.5. The van der Waals surface area contributed by atoms with Gasteiger partial charge in [0.05, 0.1) is 12.0 Å². The van der Waals surface area contributed by atoms with Crippen molar-refractivity contribution < 1.29 is 24.0 Å². The molecule has 0 bridgehead atoms. The van der Waals surface area contributed by atoms with Crippen LogP contribution >= 0.6 is 0 Å². The molecule has 152 valence electrons. The van der Waals surface area contributed by atoms with E-state index in [0.29, 0.717) is 0 Å². The van der Waals surface area contributed by atoms with E-state index in [2.05, 4.69) is 10.1 Å². The van der Waals surface area contributed by atoms with Crippen molar-refractivity contribution in [3.8, 4) is 0 Å². The molecule has 1 atom stereocenters. The second kappa shape index (κ2) is 9.98. The highest BCUT2D eigenvalue weighted by molar-refractivity contribution is 5.98. The molecule has 0 fully saturated rings. The van der Waals surface area contributed by atoms with Crippen molar-refractivity contribution >= 4 is 23.5 Å². The van der Waals surface area contributed by atoms with Gasteiger partial charge in [0, 0.05) is 24.2 Å². The van der Waals surface area contributed by atoms with Crippen LogP contribution in [0.25, 0.3) is 0 Å². The van der Waals surface area contributed by atoms with Crippen LogP contribution < -0.4 is 5.32 Å². The molecule has 9 nitrogen and oxygen atoms in total. The van der Waals surface area contributed by atoms with Gasteiger partial charge in [0.2, 0.25) is 5.91 Å². The molecule has 0 spiro atoms. The van der Waals surface area contributed by atoms with Crippen molar-refractivity contribution in [3.63, 3.8) is 0 Å². The third-order valence-electron chi connectivity index (χ3n) is 4.11. The van der Waals surface area contributed by atoms with Crippen LogP contribution in [0.15, 0.2) is 54.6 Å². The Balaban J connectivity index is 2.12. The third kappa shape index (κ3) is 6.13. The van der Waals surface area contributed by atoms with Gasteiger partial charge >= 0.3 is 5.97 Å². The predicted octanol–water partition coefficient (Wildman–Crippen LogP) is 1.91. The van der Waals surface area contributed by atoms with Crippen molar-refractivity contribution in [3.05, 3.63) is 75.8 Å². The number of carbonyl (C=O) groups is 3. The van der Waals surface area contributed by atoms with E-state index in [0.717, 1.165) is 11.6 Å². The molecule has 0 aliphatic rings. The normalized spacial score (nSPS) is 11.2. The molecule has 0 radical (unpaired) electrons. The van der Waals surface area contributed by atoms with Gasteiger partial charge < -0.3 is 15.0 Å². The number of non-ortho nitro benzene ring substituents is 1. The predicted molar refractivity (Wildman–Crippen MR) is 104 cm³/mol. The van der Waals surface area contributed by atoms with Gasteiger partial charge in [-0.2, -0.15) is 0 Å². The van der Waals surface area contributed by atoms with Crippen LogP contribution in [0.1, 0.15) is 22.8 Å².